The van der Waals surface area contributed by atoms with Gasteiger partial charge in [-0.3, -0.25) is 4.79 Å². The predicted octanol–water partition coefficient (Wildman–Crippen LogP) is 3.66. The summed E-state index contributed by atoms with van der Waals surface area (Å²) in [5.74, 6) is -0.252. The average Bonchev–Trinajstić information content (AvgIpc) is 2.53. The Labute approximate surface area is 141 Å². The number of cyclic esters (lactones) is 1. The number of phenols is 1. The summed E-state index contributed by atoms with van der Waals surface area (Å²) in [4.78, 5) is 24.1. The van der Waals surface area contributed by atoms with Crippen LogP contribution in [0.2, 0.25) is 0 Å². The van der Waals surface area contributed by atoms with Crippen molar-refractivity contribution >= 4 is 17.8 Å². The van der Waals surface area contributed by atoms with E-state index >= 15 is 0 Å². The maximum Gasteiger partial charge on any atom is 0.342 e. The molecule has 128 valence electrons. The predicted molar refractivity (Wildman–Crippen MR) is 91.2 cm³/mol. The Morgan fingerprint density at radius 3 is 2.75 bits per heavy atom. The van der Waals surface area contributed by atoms with Crippen LogP contribution in [0.3, 0.4) is 0 Å². The molecule has 1 atom stereocenters. The molecule has 0 bridgehead atoms. The second-order valence-corrected chi connectivity index (χ2v) is 5.73. The van der Waals surface area contributed by atoms with Gasteiger partial charge < -0.3 is 14.6 Å². The number of carbonyl (C=O) groups excluding carboxylic acids is 2. The van der Waals surface area contributed by atoms with E-state index in [4.69, 9.17) is 9.47 Å². The first-order valence-electron chi connectivity index (χ1n) is 7.99. The minimum Gasteiger partial charge on any atom is -0.507 e. The Morgan fingerprint density at radius 2 is 2.00 bits per heavy atom. The molecule has 0 spiro atoms. The Hall–Kier alpha value is -2.56. The number of aromatic hydroxyl groups is 1. The molecule has 1 N–H and O–H groups in total. The first-order chi connectivity index (χ1) is 11.5. The molecule has 0 saturated carbocycles. The Bertz CT molecular complexity index is 673. The number of esters is 1. The number of hydrogen-bond acceptors (Lipinski definition) is 5. The van der Waals surface area contributed by atoms with Gasteiger partial charge in [0.2, 0.25) is 0 Å². The SMILES string of the molecule is COc1cc(O)c2c(c1)/C=C\CCCC(=O)/C=C/C[C@H](C)OC2=O. The van der Waals surface area contributed by atoms with E-state index in [1.807, 2.05) is 6.08 Å². The molecule has 0 unspecified atom stereocenters. The molecule has 0 amide bonds. The van der Waals surface area contributed by atoms with Crippen LogP contribution in [0.25, 0.3) is 6.08 Å². The third-order valence-corrected chi connectivity index (χ3v) is 3.73. The minimum atomic E-state index is -0.598. The lowest BCUT2D eigenvalue weighted by molar-refractivity contribution is -0.114. The van der Waals surface area contributed by atoms with Gasteiger partial charge in [-0.05, 0) is 37.5 Å². The Morgan fingerprint density at radius 1 is 1.21 bits per heavy atom. The summed E-state index contributed by atoms with van der Waals surface area (Å²) in [6.07, 6.45) is 8.82. The lowest BCUT2D eigenvalue weighted by Crippen LogP contribution is -2.15. The van der Waals surface area contributed by atoms with E-state index in [0.717, 1.165) is 6.42 Å². The van der Waals surface area contributed by atoms with E-state index in [0.29, 0.717) is 30.6 Å². The summed E-state index contributed by atoms with van der Waals surface area (Å²) in [6.45, 7) is 1.74. The molecule has 1 aliphatic heterocycles. The molecule has 0 fully saturated rings. The molecule has 0 saturated heterocycles. The number of carbonyl (C=O) groups is 2. The van der Waals surface area contributed by atoms with Gasteiger partial charge in [0.05, 0.1) is 7.11 Å². The van der Waals surface area contributed by atoms with Gasteiger partial charge in [0.1, 0.15) is 23.2 Å². The number of rotatable bonds is 1. The molecule has 5 nitrogen and oxygen atoms in total. The van der Waals surface area contributed by atoms with Crippen molar-refractivity contribution < 1.29 is 24.2 Å². The van der Waals surface area contributed by atoms with Crippen molar-refractivity contribution in [2.24, 2.45) is 0 Å². The van der Waals surface area contributed by atoms with Crippen molar-refractivity contribution in [3.05, 3.63) is 41.5 Å². The highest BCUT2D eigenvalue weighted by molar-refractivity contribution is 5.97. The summed E-state index contributed by atoms with van der Waals surface area (Å²) in [7, 11) is 1.49. The summed E-state index contributed by atoms with van der Waals surface area (Å²) >= 11 is 0. The highest BCUT2D eigenvalue weighted by Crippen LogP contribution is 2.30. The Kier molecular flexibility index (Phi) is 6.18. The van der Waals surface area contributed by atoms with E-state index in [-0.39, 0.29) is 17.1 Å². The van der Waals surface area contributed by atoms with E-state index in [1.54, 1.807) is 25.1 Å². The lowest BCUT2D eigenvalue weighted by Gasteiger charge is -2.15. The number of methoxy groups -OCH3 is 1. The molecule has 0 aromatic heterocycles. The number of fused-ring (bicyclic) bond motifs is 1. The molecule has 5 heteroatoms. The van der Waals surface area contributed by atoms with E-state index in [2.05, 4.69) is 0 Å². The number of ether oxygens (including phenoxy) is 2. The van der Waals surface area contributed by atoms with Crippen LogP contribution >= 0.6 is 0 Å². The van der Waals surface area contributed by atoms with Crippen LogP contribution in [0.1, 0.15) is 48.5 Å². The van der Waals surface area contributed by atoms with Crippen LogP contribution in [0.15, 0.2) is 30.4 Å². The fourth-order valence-electron chi connectivity index (χ4n) is 2.46. The summed E-state index contributed by atoms with van der Waals surface area (Å²) in [5.41, 5.74) is 0.652. The largest absolute Gasteiger partial charge is 0.507 e. The van der Waals surface area contributed by atoms with Crippen molar-refractivity contribution in [2.45, 2.75) is 38.7 Å². The molecular weight excluding hydrogens is 308 g/mol. The zero-order valence-electron chi connectivity index (χ0n) is 14.0. The molecule has 24 heavy (non-hydrogen) atoms. The normalized spacial score (nSPS) is 22.0. The number of phenolic OH excluding ortho intramolecular Hbond substituents is 1. The standard InChI is InChI=1S/C19H22O5/c1-13-7-6-10-15(20)9-5-3-4-8-14-11-16(23-2)12-17(21)18(14)19(22)24-13/h4,6,8,10-13,21H,3,5,7,9H2,1-2H3/b8-4-,10-6+/t13-/m0/s1. The molecule has 1 heterocycles. The van der Waals surface area contributed by atoms with Crippen LogP contribution in [0.4, 0.5) is 0 Å². The monoisotopic (exact) mass is 330 g/mol. The second kappa shape index (κ2) is 8.34. The first-order valence-corrected chi connectivity index (χ1v) is 7.99. The van der Waals surface area contributed by atoms with Crippen LogP contribution in [0.5, 0.6) is 11.5 Å². The van der Waals surface area contributed by atoms with Crippen LogP contribution in [0, 0.1) is 0 Å². The minimum absolute atomic E-state index is 0.0682. The molecule has 0 aliphatic carbocycles. The van der Waals surface area contributed by atoms with Crippen LogP contribution < -0.4 is 4.74 Å². The van der Waals surface area contributed by atoms with E-state index in [9.17, 15) is 14.7 Å². The molecule has 1 aliphatic rings. The maximum atomic E-state index is 12.4. The highest BCUT2D eigenvalue weighted by Gasteiger charge is 2.20. The van der Waals surface area contributed by atoms with E-state index < -0.39 is 12.1 Å². The van der Waals surface area contributed by atoms with Gasteiger partial charge in [-0.25, -0.2) is 4.79 Å². The van der Waals surface area contributed by atoms with Crippen molar-refractivity contribution in [1.29, 1.82) is 0 Å². The molecular formula is C19H22O5. The zero-order valence-corrected chi connectivity index (χ0v) is 14.0. The van der Waals surface area contributed by atoms with Gasteiger partial charge in [-0.15, -0.1) is 0 Å². The summed E-state index contributed by atoms with van der Waals surface area (Å²) in [6, 6.07) is 3.06. The van der Waals surface area contributed by atoms with Gasteiger partial charge in [-0.2, -0.15) is 0 Å². The van der Waals surface area contributed by atoms with Gasteiger partial charge in [0.25, 0.3) is 0 Å². The number of allylic oxidation sites excluding steroid dienone is 2. The number of hydrogen-bond donors (Lipinski definition) is 1. The number of benzene rings is 1. The van der Waals surface area contributed by atoms with E-state index in [1.165, 1.54) is 19.3 Å². The Balaban J connectivity index is 2.38. The summed E-state index contributed by atoms with van der Waals surface area (Å²) in [5, 5.41) is 10.2. The molecule has 1 aromatic rings. The van der Waals surface area contributed by atoms with Gasteiger partial charge in [0, 0.05) is 18.9 Å². The molecule has 0 radical (unpaired) electrons. The molecule has 1 aromatic carbocycles. The smallest absolute Gasteiger partial charge is 0.342 e. The van der Waals surface area contributed by atoms with Gasteiger partial charge in [-0.1, -0.05) is 18.2 Å². The summed E-state index contributed by atoms with van der Waals surface area (Å²) < 4.78 is 10.5. The van der Waals surface area contributed by atoms with Crippen molar-refractivity contribution in [3.63, 3.8) is 0 Å². The van der Waals surface area contributed by atoms with Crippen LogP contribution in [-0.2, 0) is 9.53 Å². The highest BCUT2D eigenvalue weighted by atomic mass is 16.5. The van der Waals surface area contributed by atoms with Crippen molar-refractivity contribution in [1.82, 2.24) is 0 Å². The number of ketones is 1. The fraction of sp³-hybridized carbons (Fsp3) is 0.368. The third kappa shape index (κ3) is 4.72. The zero-order chi connectivity index (χ0) is 17.5. The lowest BCUT2D eigenvalue weighted by atomic mass is 10.0. The molecule has 2 rings (SSSR count). The topological polar surface area (TPSA) is 72.8 Å². The quantitative estimate of drug-likeness (QED) is 0.796. The third-order valence-electron chi connectivity index (χ3n) is 3.73. The maximum absolute atomic E-state index is 12.4. The van der Waals surface area contributed by atoms with Gasteiger partial charge >= 0.3 is 5.97 Å². The fourth-order valence-corrected chi connectivity index (χ4v) is 2.46. The average molecular weight is 330 g/mol. The second-order valence-electron chi connectivity index (χ2n) is 5.73. The van der Waals surface area contributed by atoms with Crippen molar-refractivity contribution in [2.75, 3.05) is 7.11 Å². The van der Waals surface area contributed by atoms with Crippen molar-refractivity contribution in [3.8, 4) is 11.5 Å². The first kappa shape index (κ1) is 17.8. The van der Waals surface area contributed by atoms with Crippen LogP contribution in [-0.4, -0.2) is 30.1 Å². The van der Waals surface area contributed by atoms with Gasteiger partial charge in [0.15, 0.2) is 5.78 Å².